The highest BCUT2D eigenvalue weighted by Crippen LogP contribution is 2.27. The first-order chi connectivity index (χ1) is 8.97. The molecular formula is C12H9BrN2O3S. The van der Waals surface area contributed by atoms with E-state index in [0.717, 1.165) is 9.35 Å². The van der Waals surface area contributed by atoms with Crippen LogP contribution in [0.1, 0.15) is 15.9 Å². The van der Waals surface area contributed by atoms with Gasteiger partial charge in [-0.15, -0.1) is 11.3 Å². The Morgan fingerprint density at radius 1 is 1.42 bits per heavy atom. The molecule has 7 heteroatoms. The van der Waals surface area contributed by atoms with Crippen LogP contribution in [0.25, 0.3) is 0 Å². The molecule has 1 aromatic heterocycles. The van der Waals surface area contributed by atoms with Gasteiger partial charge in [0.1, 0.15) is 5.69 Å². The van der Waals surface area contributed by atoms with Crippen molar-refractivity contribution in [3.05, 3.63) is 54.7 Å². The lowest BCUT2D eigenvalue weighted by molar-refractivity contribution is -0.383. The van der Waals surface area contributed by atoms with Crippen LogP contribution in [0.15, 0.2) is 33.4 Å². The van der Waals surface area contributed by atoms with E-state index in [1.54, 1.807) is 30.5 Å². The number of thiophene rings is 1. The van der Waals surface area contributed by atoms with Crippen LogP contribution < -0.4 is 5.32 Å². The van der Waals surface area contributed by atoms with Gasteiger partial charge < -0.3 is 5.32 Å². The molecule has 19 heavy (non-hydrogen) atoms. The quantitative estimate of drug-likeness (QED) is 0.678. The van der Waals surface area contributed by atoms with Crippen molar-refractivity contribution in [2.45, 2.75) is 6.92 Å². The van der Waals surface area contributed by atoms with Gasteiger partial charge in [0.15, 0.2) is 0 Å². The van der Waals surface area contributed by atoms with Crippen LogP contribution in [0.5, 0.6) is 0 Å². The normalized spacial score (nSPS) is 10.2. The summed E-state index contributed by atoms with van der Waals surface area (Å²) in [5.74, 6) is -0.365. The van der Waals surface area contributed by atoms with Crippen molar-refractivity contribution in [1.82, 2.24) is 0 Å². The minimum atomic E-state index is -0.515. The van der Waals surface area contributed by atoms with E-state index in [2.05, 4.69) is 21.2 Å². The molecule has 0 saturated carbocycles. The molecule has 1 N–H and O–H groups in total. The topological polar surface area (TPSA) is 72.2 Å². The van der Waals surface area contributed by atoms with E-state index in [0.29, 0.717) is 5.56 Å². The van der Waals surface area contributed by atoms with Gasteiger partial charge in [0.2, 0.25) is 0 Å². The van der Waals surface area contributed by atoms with Crippen molar-refractivity contribution in [2.24, 2.45) is 0 Å². The maximum Gasteiger partial charge on any atom is 0.292 e. The third-order valence-electron chi connectivity index (χ3n) is 2.43. The first-order valence-electron chi connectivity index (χ1n) is 5.28. The Hall–Kier alpha value is -1.73. The number of nitro benzene ring substituents is 1. The van der Waals surface area contributed by atoms with E-state index < -0.39 is 4.92 Å². The Morgan fingerprint density at radius 2 is 2.16 bits per heavy atom. The summed E-state index contributed by atoms with van der Waals surface area (Å²) in [7, 11) is 0. The highest BCUT2D eigenvalue weighted by atomic mass is 79.9. The van der Waals surface area contributed by atoms with Crippen molar-refractivity contribution in [2.75, 3.05) is 5.32 Å². The summed E-state index contributed by atoms with van der Waals surface area (Å²) in [5, 5.41) is 15.2. The molecule has 0 radical (unpaired) electrons. The molecule has 0 aliphatic rings. The number of carbonyl (C=O) groups excluding carboxylic acids is 1. The number of nitrogens with zero attached hydrogens (tertiary/aromatic N) is 1. The van der Waals surface area contributed by atoms with E-state index in [-0.39, 0.29) is 17.3 Å². The summed E-state index contributed by atoms with van der Waals surface area (Å²) in [6.45, 7) is 1.81. The van der Waals surface area contributed by atoms with E-state index in [1.807, 2.05) is 0 Å². The van der Waals surface area contributed by atoms with Gasteiger partial charge in [0.25, 0.3) is 11.6 Å². The number of rotatable bonds is 3. The largest absolute Gasteiger partial charge is 0.316 e. The maximum atomic E-state index is 12.0. The Morgan fingerprint density at radius 3 is 2.74 bits per heavy atom. The minimum Gasteiger partial charge on any atom is -0.316 e. The lowest BCUT2D eigenvalue weighted by Gasteiger charge is -2.05. The molecule has 0 atom stereocenters. The van der Waals surface area contributed by atoms with Crippen LogP contribution in [0.4, 0.5) is 11.4 Å². The average molecular weight is 341 g/mol. The second kappa shape index (κ2) is 5.50. The summed E-state index contributed by atoms with van der Waals surface area (Å²) in [5.41, 5.74) is 1.39. The third-order valence-corrected chi connectivity index (χ3v) is 3.93. The smallest absolute Gasteiger partial charge is 0.292 e. The number of hydrogen-bond donors (Lipinski definition) is 1. The Labute approximate surface area is 121 Å². The predicted octanol–water partition coefficient (Wildman–Crippen LogP) is 3.98. The number of benzene rings is 1. The number of amides is 1. The standard InChI is InChI=1S/C12H9BrN2O3S/c1-7-2-3-10(15(17)18)9(4-7)14-12(16)8-5-11(13)19-6-8/h2-6H,1H3,(H,14,16). The van der Waals surface area contributed by atoms with Crippen LogP contribution in [0, 0.1) is 17.0 Å². The molecule has 0 spiro atoms. The van der Waals surface area contributed by atoms with Gasteiger partial charge in [0, 0.05) is 11.4 Å². The van der Waals surface area contributed by atoms with Crippen molar-refractivity contribution in [3.63, 3.8) is 0 Å². The summed E-state index contributed by atoms with van der Waals surface area (Å²) in [6.07, 6.45) is 0. The molecule has 0 unspecified atom stereocenters. The fourth-order valence-electron chi connectivity index (χ4n) is 1.53. The van der Waals surface area contributed by atoms with Crippen LogP contribution >= 0.6 is 27.3 Å². The number of nitrogens with one attached hydrogen (secondary N) is 1. The SMILES string of the molecule is Cc1ccc([N+](=O)[O-])c(NC(=O)c2csc(Br)c2)c1. The Kier molecular flexibility index (Phi) is 3.96. The van der Waals surface area contributed by atoms with E-state index in [9.17, 15) is 14.9 Å². The molecule has 98 valence electrons. The van der Waals surface area contributed by atoms with Crippen molar-refractivity contribution in [3.8, 4) is 0 Å². The highest BCUT2D eigenvalue weighted by molar-refractivity contribution is 9.11. The number of aryl methyl sites for hydroxylation is 1. The molecular weight excluding hydrogens is 332 g/mol. The van der Waals surface area contributed by atoms with Crippen LogP contribution in [0.2, 0.25) is 0 Å². The molecule has 1 heterocycles. The molecule has 0 aliphatic heterocycles. The molecule has 2 rings (SSSR count). The van der Waals surface area contributed by atoms with E-state index in [4.69, 9.17) is 0 Å². The molecule has 0 saturated heterocycles. The van der Waals surface area contributed by atoms with E-state index >= 15 is 0 Å². The third kappa shape index (κ3) is 3.18. The fraction of sp³-hybridized carbons (Fsp3) is 0.0833. The Bertz CT molecular complexity index is 654. The molecule has 5 nitrogen and oxygen atoms in total. The maximum absolute atomic E-state index is 12.0. The van der Waals surface area contributed by atoms with Crippen LogP contribution in [-0.2, 0) is 0 Å². The van der Waals surface area contributed by atoms with Gasteiger partial charge in [0.05, 0.1) is 14.3 Å². The first kappa shape index (κ1) is 13.7. The van der Waals surface area contributed by atoms with Crippen molar-refractivity contribution >= 4 is 44.5 Å². The van der Waals surface area contributed by atoms with Gasteiger partial charge in [-0.25, -0.2) is 0 Å². The van der Waals surface area contributed by atoms with Crippen LogP contribution in [0.3, 0.4) is 0 Å². The lowest BCUT2D eigenvalue weighted by Crippen LogP contribution is -2.12. The second-order valence-corrected chi connectivity index (χ2v) is 6.16. The van der Waals surface area contributed by atoms with Gasteiger partial charge in [-0.2, -0.15) is 0 Å². The Balaban J connectivity index is 2.30. The number of halogens is 1. The molecule has 2 aromatic rings. The summed E-state index contributed by atoms with van der Waals surface area (Å²) < 4.78 is 0.830. The molecule has 0 bridgehead atoms. The molecule has 1 amide bonds. The predicted molar refractivity (Wildman–Crippen MR) is 77.8 cm³/mol. The zero-order chi connectivity index (χ0) is 14.0. The summed E-state index contributed by atoms with van der Waals surface area (Å²) in [4.78, 5) is 22.4. The van der Waals surface area contributed by atoms with Gasteiger partial charge in [-0.1, -0.05) is 6.07 Å². The summed E-state index contributed by atoms with van der Waals surface area (Å²) in [6, 6.07) is 6.27. The zero-order valence-electron chi connectivity index (χ0n) is 9.84. The minimum absolute atomic E-state index is 0.117. The fourth-order valence-corrected chi connectivity index (χ4v) is 2.67. The number of hydrogen-bond acceptors (Lipinski definition) is 4. The molecule has 1 aromatic carbocycles. The summed E-state index contributed by atoms with van der Waals surface area (Å²) >= 11 is 4.64. The van der Waals surface area contributed by atoms with Gasteiger partial charge >= 0.3 is 0 Å². The average Bonchev–Trinajstić information content (AvgIpc) is 2.75. The number of carbonyl (C=O) groups is 1. The van der Waals surface area contributed by atoms with E-state index in [1.165, 1.54) is 17.4 Å². The van der Waals surface area contributed by atoms with Crippen LogP contribution in [-0.4, -0.2) is 10.8 Å². The lowest BCUT2D eigenvalue weighted by atomic mass is 10.2. The molecule has 0 fully saturated rings. The van der Waals surface area contributed by atoms with Gasteiger partial charge in [-0.05, 0) is 40.5 Å². The molecule has 0 aliphatic carbocycles. The number of anilines is 1. The van der Waals surface area contributed by atoms with Crippen molar-refractivity contribution < 1.29 is 9.72 Å². The first-order valence-corrected chi connectivity index (χ1v) is 6.95. The van der Waals surface area contributed by atoms with Crippen molar-refractivity contribution in [1.29, 1.82) is 0 Å². The number of nitro groups is 1. The second-order valence-electron chi connectivity index (χ2n) is 3.87. The zero-order valence-corrected chi connectivity index (χ0v) is 12.2. The monoisotopic (exact) mass is 340 g/mol. The highest BCUT2D eigenvalue weighted by Gasteiger charge is 2.17. The van der Waals surface area contributed by atoms with Gasteiger partial charge in [-0.3, -0.25) is 14.9 Å².